The quantitative estimate of drug-likeness (QED) is 0.0719. The van der Waals surface area contributed by atoms with Crippen LogP contribution in [0.1, 0.15) is 114 Å². The fourth-order valence-corrected chi connectivity index (χ4v) is 5.95. The van der Waals surface area contributed by atoms with Crippen molar-refractivity contribution in [1.29, 1.82) is 0 Å². The van der Waals surface area contributed by atoms with E-state index < -0.39 is 11.2 Å². The van der Waals surface area contributed by atoms with Crippen LogP contribution in [0.3, 0.4) is 0 Å². The minimum Gasteiger partial charge on any atom is -0.378 e. The van der Waals surface area contributed by atoms with Gasteiger partial charge in [-0.25, -0.2) is 0 Å². The van der Waals surface area contributed by atoms with E-state index in [0.29, 0.717) is 6.42 Å². The minimum absolute atomic E-state index is 0.202. The third-order valence-electron chi connectivity index (χ3n) is 8.32. The Bertz CT molecular complexity index is 1020. The number of ether oxygens (including phenoxy) is 1. The zero-order chi connectivity index (χ0) is 29.9. The lowest BCUT2D eigenvalue weighted by Crippen LogP contribution is -2.48. The predicted octanol–water partition coefficient (Wildman–Crippen LogP) is 10.0. The van der Waals surface area contributed by atoms with Gasteiger partial charge in [-0.05, 0) is 23.1 Å². The van der Waals surface area contributed by atoms with Crippen molar-refractivity contribution in [3.05, 3.63) is 108 Å². The number of Topliss-reactive ketones (excluding diaryl/α,β-unsaturated/α-hetero) is 1. The summed E-state index contributed by atoms with van der Waals surface area (Å²) in [5.41, 5.74) is -0.0168. The molecule has 4 heteroatoms. The van der Waals surface area contributed by atoms with Crippen LogP contribution in [0.4, 0.5) is 0 Å². The van der Waals surface area contributed by atoms with E-state index in [1.165, 1.54) is 64.2 Å². The average molecular weight is 591 g/mol. The molecule has 0 fully saturated rings. The molecule has 0 saturated heterocycles. The minimum atomic E-state index is -1.76. The molecule has 0 aliphatic rings. The van der Waals surface area contributed by atoms with Gasteiger partial charge in [-0.1, -0.05) is 175 Å². The van der Waals surface area contributed by atoms with Crippen molar-refractivity contribution in [3.63, 3.8) is 0 Å². The molecule has 1 N–H and O–H groups in total. The highest BCUT2D eigenvalue weighted by Crippen LogP contribution is 2.41. The van der Waals surface area contributed by atoms with Gasteiger partial charge < -0.3 is 9.84 Å². The van der Waals surface area contributed by atoms with E-state index in [1.807, 2.05) is 91.0 Å². The van der Waals surface area contributed by atoms with Crippen LogP contribution < -0.4 is 0 Å². The summed E-state index contributed by atoms with van der Waals surface area (Å²) in [6, 6.07) is 29.9. The van der Waals surface area contributed by atoms with Crippen LogP contribution >= 0.6 is 11.6 Å². The van der Waals surface area contributed by atoms with Gasteiger partial charge in [0.1, 0.15) is 5.60 Å². The number of carbonyl (C=O) groups excluding carboxylic acids is 1. The van der Waals surface area contributed by atoms with Crippen molar-refractivity contribution in [2.24, 2.45) is 0 Å². The Labute approximate surface area is 259 Å². The summed E-state index contributed by atoms with van der Waals surface area (Å²) in [6.45, 7) is 2.06. The summed E-state index contributed by atoms with van der Waals surface area (Å²) in [6.07, 6.45) is 16.5. The van der Waals surface area contributed by atoms with Gasteiger partial charge in [0.2, 0.25) is 0 Å². The lowest BCUT2D eigenvalue weighted by Gasteiger charge is -2.38. The van der Waals surface area contributed by atoms with Gasteiger partial charge in [0.15, 0.2) is 11.4 Å². The normalized spacial score (nSPS) is 13.1. The Morgan fingerprint density at radius 2 is 0.976 bits per heavy atom. The van der Waals surface area contributed by atoms with E-state index >= 15 is 0 Å². The van der Waals surface area contributed by atoms with Gasteiger partial charge in [0.05, 0.1) is 12.5 Å². The third kappa shape index (κ3) is 10.1. The molecule has 228 valence electrons. The molecule has 3 aromatic carbocycles. The Hall–Kier alpha value is -2.46. The number of hydrogen-bond donors (Lipinski definition) is 1. The number of rotatable bonds is 22. The fraction of sp³-hybridized carbons (Fsp3) is 0.500. The van der Waals surface area contributed by atoms with Gasteiger partial charge in [0.25, 0.3) is 0 Å². The second-order valence-electron chi connectivity index (χ2n) is 11.6. The zero-order valence-corrected chi connectivity index (χ0v) is 26.4. The average Bonchev–Trinajstić information content (AvgIpc) is 3.05. The van der Waals surface area contributed by atoms with Crippen LogP contribution in [0.5, 0.6) is 0 Å². The van der Waals surface area contributed by atoms with Crippen molar-refractivity contribution in [1.82, 2.24) is 0 Å². The van der Waals surface area contributed by atoms with E-state index in [4.69, 9.17) is 16.3 Å². The molecule has 0 saturated carbocycles. The molecule has 42 heavy (non-hydrogen) atoms. The maximum absolute atomic E-state index is 13.3. The highest BCUT2D eigenvalue weighted by Gasteiger charge is 2.42. The molecule has 0 aromatic heterocycles. The maximum atomic E-state index is 13.3. The Kier molecular flexibility index (Phi) is 15.4. The van der Waals surface area contributed by atoms with Crippen LogP contribution in [0, 0.1) is 0 Å². The summed E-state index contributed by atoms with van der Waals surface area (Å²) >= 11 is 6.28. The van der Waals surface area contributed by atoms with Gasteiger partial charge in [0, 0.05) is 6.42 Å². The van der Waals surface area contributed by atoms with Crippen LogP contribution in [0.2, 0.25) is 0 Å². The molecule has 0 bridgehead atoms. The monoisotopic (exact) mass is 590 g/mol. The van der Waals surface area contributed by atoms with Gasteiger partial charge in [-0.3, -0.25) is 4.79 Å². The second kappa shape index (κ2) is 18.9. The largest absolute Gasteiger partial charge is 0.378 e. The molecule has 1 unspecified atom stereocenters. The molecule has 0 spiro atoms. The summed E-state index contributed by atoms with van der Waals surface area (Å²) in [5, 5.41) is 11.5. The first kappa shape index (κ1) is 34.0. The molecular weight excluding hydrogens is 540 g/mol. The number of halogens is 1. The number of carbonyl (C=O) groups is 1. The van der Waals surface area contributed by atoms with E-state index in [2.05, 4.69) is 6.92 Å². The summed E-state index contributed by atoms with van der Waals surface area (Å²) in [4.78, 5) is 13.3. The number of benzene rings is 3. The maximum Gasteiger partial charge on any atom is 0.167 e. The fourth-order valence-electron chi connectivity index (χ4n) is 5.73. The first-order valence-corrected chi connectivity index (χ1v) is 16.7. The van der Waals surface area contributed by atoms with Crippen molar-refractivity contribution in [2.75, 3.05) is 12.5 Å². The van der Waals surface area contributed by atoms with Gasteiger partial charge in [-0.15, -0.1) is 11.6 Å². The number of aliphatic hydroxyl groups is 1. The molecule has 0 amide bonds. The number of unbranched alkanes of at least 4 members (excludes halogenated alkanes) is 12. The molecular formula is C38H51ClO3. The van der Waals surface area contributed by atoms with Crippen molar-refractivity contribution < 1.29 is 14.6 Å². The van der Waals surface area contributed by atoms with Gasteiger partial charge in [-0.2, -0.15) is 0 Å². The standard InChI is InChI=1S/C38H51ClO3/c1-2-3-4-5-6-7-8-9-10-11-12-13-23-30-36(40)37(41,31-39)32-42-38(33-24-17-14-18-25-33,34-26-19-15-20-27-34)35-28-21-16-22-29-35/h14-22,24-29,41H,2-13,23,30-32H2,1H3. The number of ketones is 1. The predicted molar refractivity (Wildman–Crippen MR) is 176 cm³/mol. The third-order valence-corrected chi connectivity index (χ3v) is 8.76. The van der Waals surface area contributed by atoms with Crippen molar-refractivity contribution >= 4 is 17.4 Å². The Morgan fingerprint density at radius 3 is 1.33 bits per heavy atom. The van der Waals surface area contributed by atoms with E-state index in [9.17, 15) is 9.90 Å². The van der Waals surface area contributed by atoms with Crippen LogP contribution in [0.15, 0.2) is 91.0 Å². The lowest BCUT2D eigenvalue weighted by molar-refractivity contribution is -0.146. The highest BCUT2D eigenvalue weighted by molar-refractivity contribution is 6.20. The molecule has 3 nitrogen and oxygen atoms in total. The highest BCUT2D eigenvalue weighted by atomic mass is 35.5. The summed E-state index contributed by atoms with van der Waals surface area (Å²) in [5.74, 6) is -0.456. The van der Waals surface area contributed by atoms with Crippen LogP contribution in [-0.2, 0) is 15.1 Å². The van der Waals surface area contributed by atoms with E-state index in [1.54, 1.807) is 0 Å². The van der Waals surface area contributed by atoms with E-state index in [0.717, 1.165) is 36.0 Å². The Balaban J connectivity index is 1.56. The molecule has 0 radical (unpaired) electrons. The SMILES string of the molecule is CCCCCCCCCCCCCCCC(=O)C(O)(CCl)COC(c1ccccc1)(c1ccccc1)c1ccccc1. The molecule has 3 aromatic rings. The van der Waals surface area contributed by atoms with Crippen molar-refractivity contribution in [3.8, 4) is 0 Å². The number of hydrogen-bond acceptors (Lipinski definition) is 3. The smallest absolute Gasteiger partial charge is 0.167 e. The molecule has 3 rings (SSSR count). The topological polar surface area (TPSA) is 46.5 Å². The Morgan fingerprint density at radius 1 is 0.619 bits per heavy atom. The first-order chi connectivity index (χ1) is 20.6. The number of alkyl halides is 1. The molecule has 0 heterocycles. The summed E-state index contributed by atoms with van der Waals surface area (Å²) in [7, 11) is 0. The van der Waals surface area contributed by atoms with E-state index in [-0.39, 0.29) is 18.3 Å². The molecule has 0 aliphatic heterocycles. The second-order valence-corrected chi connectivity index (χ2v) is 11.9. The van der Waals surface area contributed by atoms with Crippen molar-refractivity contribution in [2.45, 2.75) is 108 Å². The van der Waals surface area contributed by atoms with Crippen LogP contribution in [0.25, 0.3) is 0 Å². The lowest BCUT2D eigenvalue weighted by atomic mass is 9.80. The molecule has 0 aliphatic carbocycles. The molecule has 1 atom stereocenters. The zero-order valence-electron chi connectivity index (χ0n) is 25.6. The van der Waals surface area contributed by atoms with Gasteiger partial charge >= 0.3 is 0 Å². The first-order valence-electron chi connectivity index (χ1n) is 16.2. The van der Waals surface area contributed by atoms with Crippen LogP contribution in [-0.4, -0.2) is 29.0 Å². The summed E-state index contributed by atoms with van der Waals surface area (Å²) < 4.78 is 6.73.